The van der Waals surface area contributed by atoms with E-state index >= 15 is 0 Å². The lowest BCUT2D eigenvalue weighted by Crippen LogP contribution is -2.50. The second-order valence-electron chi connectivity index (χ2n) is 4.22. The van der Waals surface area contributed by atoms with Crippen molar-refractivity contribution in [2.75, 3.05) is 50.5 Å². The lowest BCUT2D eigenvalue weighted by molar-refractivity contribution is -0.135. The number of pyridine rings is 1. The van der Waals surface area contributed by atoms with Gasteiger partial charge in [-0.15, -0.1) is 0 Å². The van der Waals surface area contributed by atoms with Crippen LogP contribution in [0.4, 0.5) is 11.5 Å². The highest BCUT2D eigenvalue weighted by molar-refractivity contribution is 5.77. The normalized spacial score (nSPS) is 15.8. The van der Waals surface area contributed by atoms with Crippen molar-refractivity contribution in [3.63, 3.8) is 0 Å². The number of rotatable bonds is 3. The van der Waals surface area contributed by atoms with E-state index in [4.69, 9.17) is 10.5 Å². The lowest BCUT2D eigenvalue weighted by atomic mass is 10.3. The van der Waals surface area contributed by atoms with Crippen molar-refractivity contribution in [1.29, 1.82) is 0 Å². The van der Waals surface area contributed by atoms with Crippen LogP contribution < -0.4 is 10.6 Å². The monoisotopic (exact) mass is 250 g/mol. The van der Waals surface area contributed by atoms with Gasteiger partial charge in [0.2, 0.25) is 5.91 Å². The van der Waals surface area contributed by atoms with Gasteiger partial charge in [-0.3, -0.25) is 4.79 Å². The van der Waals surface area contributed by atoms with Crippen molar-refractivity contribution < 1.29 is 9.53 Å². The first-order valence-corrected chi connectivity index (χ1v) is 5.94. The molecule has 0 spiro atoms. The third kappa shape index (κ3) is 2.70. The maximum atomic E-state index is 11.7. The van der Waals surface area contributed by atoms with Gasteiger partial charge in [0.1, 0.15) is 6.61 Å². The van der Waals surface area contributed by atoms with E-state index in [9.17, 15) is 4.79 Å². The summed E-state index contributed by atoms with van der Waals surface area (Å²) in [6, 6.07) is 3.65. The summed E-state index contributed by atoms with van der Waals surface area (Å²) in [5, 5.41) is 0. The Bertz CT molecular complexity index is 416. The summed E-state index contributed by atoms with van der Waals surface area (Å²) < 4.78 is 4.85. The molecule has 6 heteroatoms. The predicted molar refractivity (Wildman–Crippen MR) is 69.3 cm³/mol. The van der Waals surface area contributed by atoms with E-state index in [-0.39, 0.29) is 12.5 Å². The van der Waals surface area contributed by atoms with Crippen molar-refractivity contribution in [1.82, 2.24) is 9.88 Å². The van der Waals surface area contributed by atoms with Crippen molar-refractivity contribution in [2.45, 2.75) is 0 Å². The number of methoxy groups -OCH3 is 1. The second kappa shape index (κ2) is 5.68. The number of ether oxygens (including phenoxy) is 1. The molecule has 2 heterocycles. The van der Waals surface area contributed by atoms with Gasteiger partial charge >= 0.3 is 0 Å². The fourth-order valence-corrected chi connectivity index (χ4v) is 2.06. The molecule has 18 heavy (non-hydrogen) atoms. The topological polar surface area (TPSA) is 71.7 Å². The summed E-state index contributed by atoms with van der Waals surface area (Å²) >= 11 is 0. The Kier molecular flexibility index (Phi) is 3.99. The summed E-state index contributed by atoms with van der Waals surface area (Å²) in [6.45, 7) is 3.00. The molecule has 1 fully saturated rings. The number of amides is 1. The van der Waals surface area contributed by atoms with Gasteiger partial charge in [-0.05, 0) is 12.1 Å². The molecule has 0 bridgehead atoms. The van der Waals surface area contributed by atoms with Crippen molar-refractivity contribution in [3.8, 4) is 0 Å². The van der Waals surface area contributed by atoms with Gasteiger partial charge in [0, 0.05) is 39.5 Å². The van der Waals surface area contributed by atoms with Crippen LogP contribution in [0.2, 0.25) is 0 Å². The van der Waals surface area contributed by atoms with Gasteiger partial charge in [-0.1, -0.05) is 0 Å². The second-order valence-corrected chi connectivity index (χ2v) is 4.22. The number of carbonyl (C=O) groups is 1. The molecule has 0 atom stereocenters. The summed E-state index contributed by atoms with van der Waals surface area (Å²) in [7, 11) is 1.53. The summed E-state index contributed by atoms with van der Waals surface area (Å²) in [5.41, 5.74) is 6.56. The highest BCUT2D eigenvalue weighted by atomic mass is 16.5. The SMILES string of the molecule is COCC(=O)N1CCN(c2ncccc2N)CC1. The van der Waals surface area contributed by atoms with E-state index in [2.05, 4.69) is 9.88 Å². The smallest absolute Gasteiger partial charge is 0.248 e. The first-order valence-electron chi connectivity index (χ1n) is 5.94. The molecule has 1 saturated heterocycles. The molecule has 1 aromatic rings. The van der Waals surface area contributed by atoms with Crippen molar-refractivity contribution >= 4 is 17.4 Å². The Balaban J connectivity index is 1.95. The molecule has 2 rings (SSSR count). The summed E-state index contributed by atoms with van der Waals surface area (Å²) in [4.78, 5) is 19.8. The van der Waals surface area contributed by atoms with E-state index in [0.29, 0.717) is 18.8 Å². The third-order valence-corrected chi connectivity index (χ3v) is 3.02. The van der Waals surface area contributed by atoms with Crippen LogP contribution in [-0.4, -0.2) is 55.7 Å². The Labute approximate surface area is 106 Å². The van der Waals surface area contributed by atoms with E-state index in [0.717, 1.165) is 18.9 Å². The Morgan fingerprint density at radius 2 is 2.17 bits per heavy atom. The molecule has 0 aromatic carbocycles. The number of nitrogens with zero attached hydrogens (tertiary/aromatic N) is 3. The van der Waals surface area contributed by atoms with Gasteiger partial charge in [0.15, 0.2) is 5.82 Å². The number of piperazine rings is 1. The summed E-state index contributed by atoms with van der Waals surface area (Å²) in [6.07, 6.45) is 1.73. The van der Waals surface area contributed by atoms with Crippen molar-refractivity contribution in [3.05, 3.63) is 18.3 Å². The average molecular weight is 250 g/mol. The van der Waals surface area contributed by atoms with Gasteiger partial charge < -0.3 is 20.3 Å². The number of nitrogen functional groups attached to an aromatic ring is 1. The number of aromatic nitrogens is 1. The number of carbonyl (C=O) groups excluding carboxylic acids is 1. The van der Waals surface area contributed by atoms with Crippen LogP contribution in [0, 0.1) is 0 Å². The maximum Gasteiger partial charge on any atom is 0.248 e. The molecule has 1 aliphatic heterocycles. The largest absolute Gasteiger partial charge is 0.396 e. The highest BCUT2D eigenvalue weighted by Crippen LogP contribution is 2.20. The molecular formula is C12H18N4O2. The maximum absolute atomic E-state index is 11.7. The third-order valence-electron chi connectivity index (χ3n) is 3.02. The Morgan fingerprint density at radius 1 is 1.44 bits per heavy atom. The first-order chi connectivity index (χ1) is 8.72. The van der Waals surface area contributed by atoms with E-state index in [1.807, 2.05) is 12.1 Å². The van der Waals surface area contributed by atoms with Crippen LogP contribution >= 0.6 is 0 Å². The first kappa shape index (κ1) is 12.6. The van der Waals surface area contributed by atoms with Crippen LogP contribution in [-0.2, 0) is 9.53 Å². The minimum Gasteiger partial charge on any atom is -0.396 e. The molecule has 98 valence electrons. The van der Waals surface area contributed by atoms with Gasteiger partial charge in [-0.25, -0.2) is 4.98 Å². The fraction of sp³-hybridized carbons (Fsp3) is 0.500. The van der Waals surface area contributed by atoms with Crippen LogP contribution in [0.5, 0.6) is 0 Å². The Morgan fingerprint density at radius 3 is 2.78 bits per heavy atom. The molecule has 2 N–H and O–H groups in total. The van der Waals surface area contributed by atoms with E-state index in [1.54, 1.807) is 11.1 Å². The zero-order chi connectivity index (χ0) is 13.0. The van der Waals surface area contributed by atoms with E-state index in [1.165, 1.54) is 7.11 Å². The van der Waals surface area contributed by atoms with Crippen LogP contribution in [0.15, 0.2) is 18.3 Å². The molecule has 1 aromatic heterocycles. The van der Waals surface area contributed by atoms with E-state index < -0.39 is 0 Å². The molecule has 1 aliphatic rings. The molecule has 0 unspecified atom stereocenters. The van der Waals surface area contributed by atoms with Crippen LogP contribution in [0.25, 0.3) is 0 Å². The minimum absolute atomic E-state index is 0.0335. The number of hydrogen-bond acceptors (Lipinski definition) is 5. The molecule has 6 nitrogen and oxygen atoms in total. The molecule has 0 radical (unpaired) electrons. The van der Waals surface area contributed by atoms with Crippen LogP contribution in [0.3, 0.4) is 0 Å². The predicted octanol–water partition coefficient (Wildman–Crippen LogP) is -0.0412. The van der Waals surface area contributed by atoms with Gasteiger partial charge in [-0.2, -0.15) is 0 Å². The lowest BCUT2D eigenvalue weighted by Gasteiger charge is -2.35. The highest BCUT2D eigenvalue weighted by Gasteiger charge is 2.22. The number of nitrogens with two attached hydrogens (primary N) is 1. The number of hydrogen-bond donors (Lipinski definition) is 1. The quantitative estimate of drug-likeness (QED) is 0.815. The van der Waals surface area contributed by atoms with Gasteiger partial charge in [0.25, 0.3) is 0 Å². The van der Waals surface area contributed by atoms with Crippen LogP contribution in [0.1, 0.15) is 0 Å². The van der Waals surface area contributed by atoms with Gasteiger partial charge in [0.05, 0.1) is 5.69 Å². The average Bonchev–Trinajstić information content (AvgIpc) is 2.40. The molecular weight excluding hydrogens is 232 g/mol. The minimum atomic E-state index is 0.0335. The number of anilines is 2. The zero-order valence-corrected chi connectivity index (χ0v) is 10.5. The standard InChI is InChI=1S/C12H18N4O2/c1-18-9-11(17)15-5-7-16(8-6-15)12-10(13)3-2-4-14-12/h2-4H,5-9,13H2,1H3. The molecule has 0 saturated carbocycles. The molecule has 0 aliphatic carbocycles. The van der Waals surface area contributed by atoms with Crippen molar-refractivity contribution in [2.24, 2.45) is 0 Å². The Hall–Kier alpha value is -1.82. The fourth-order valence-electron chi connectivity index (χ4n) is 2.06. The zero-order valence-electron chi connectivity index (χ0n) is 10.5. The molecule has 1 amide bonds. The summed E-state index contributed by atoms with van der Waals surface area (Å²) in [5.74, 6) is 0.836.